The molecule has 0 saturated carbocycles. The molecule has 0 radical (unpaired) electrons. The maximum Gasteiger partial charge on any atom is 0.409 e. The molecule has 0 bridgehead atoms. The van der Waals surface area contributed by atoms with Crippen LogP contribution in [0.15, 0.2) is 9.21 Å². The molecule has 0 spiro atoms. The summed E-state index contributed by atoms with van der Waals surface area (Å²) in [6, 6.07) is 2.03. The van der Waals surface area contributed by atoms with Gasteiger partial charge in [-0.1, -0.05) is 0 Å². The van der Waals surface area contributed by atoms with Crippen LogP contribution in [0.25, 0.3) is 0 Å². The summed E-state index contributed by atoms with van der Waals surface area (Å²) in [7, 11) is 1.51. The van der Waals surface area contributed by atoms with Gasteiger partial charge in [0.2, 0.25) is 0 Å². The second kappa shape index (κ2) is 5.71. The molecule has 1 unspecified atom stereocenters. The van der Waals surface area contributed by atoms with Crippen molar-refractivity contribution < 1.29 is 14.6 Å². The summed E-state index contributed by atoms with van der Waals surface area (Å²) in [5, 5.41) is 22.8. The molecule has 1 amide bonds. The summed E-state index contributed by atoms with van der Waals surface area (Å²) in [6.07, 6.45) is 0.253. The third-order valence-corrected chi connectivity index (χ3v) is 4.65. The van der Waals surface area contributed by atoms with Crippen LogP contribution in [-0.4, -0.2) is 46.1 Å². The van der Waals surface area contributed by atoms with E-state index >= 15 is 0 Å². The predicted octanol–water partition coefficient (Wildman–Crippen LogP) is 2.35. The lowest BCUT2D eigenvalue weighted by Crippen LogP contribution is -2.52. The highest BCUT2D eigenvalue weighted by molar-refractivity contribution is 9.11. The number of halogens is 2. The Morgan fingerprint density at radius 2 is 2.35 bits per heavy atom. The van der Waals surface area contributed by atoms with Crippen LogP contribution in [-0.2, 0) is 10.4 Å². The molecule has 7 nitrogen and oxygen atoms in total. The first-order valence-electron chi connectivity index (χ1n) is 5.82. The Kier molecular flexibility index (Phi) is 4.36. The van der Waals surface area contributed by atoms with E-state index in [9.17, 15) is 9.90 Å². The topological polar surface area (TPSA) is 91.4 Å². The number of carboxylic acid groups (broad SMARTS) is 1. The van der Waals surface area contributed by atoms with Gasteiger partial charge in [0.1, 0.15) is 20.8 Å². The van der Waals surface area contributed by atoms with Crippen molar-refractivity contribution in [3.05, 3.63) is 14.8 Å². The Morgan fingerprint density at radius 1 is 1.65 bits per heavy atom. The highest BCUT2D eigenvalue weighted by atomic mass is 79.9. The van der Waals surface area contributed by atoms with Gasteiger partial charge in [-0.25, -0.2) is 9.48 Å². The van der Waals surface area contributed by atoms with E-state index in [1.165, 1.54) is 16.7 Å². The second-order valence-corrected chi connectivity index (χ2v) is 5.94. The van der Waals surface area contributed by atoms with E-state index in [0.717, 1.165) is 0 Å². The van der Waals surface area contributed by atoms with Gasteiger partial charge in [0, 0.05) is 13.7 Å². The van der Waals surface area contributed by atoms with E-state index in [2.05, 4.69) is 37.0 Å². The minimum absolute atomic E-state index is 0.164. The molecular formula is C11H12Br2N4O3. The van der Waals surface area contributed by atoms with Crippen molar-refractivity contribution in [3.63, 3.8) is 0 Å². The van der Waals surface area contributed by atoms with Crippen molar-refractivity contribution in [2.75, 3.05) is 20.3 Å². The van der Waals surface area contributed by atoms with E-state index in [1.54, 1.807) is 0 Å². The maximum atomic E-state index is 11.5. The summed E-state index contributed by atoms with van der Waals surface area (Å²) < 4.78 is 7.55. The van der Waals surface area contributed by atoms with Crippen LogP contribution in [0.4, 0.5) is 4.79 Å². The number of amides is 1. The second-order valence-electron chi connectivity index (χ2n) is 4.43. The van der Waals surface area contributed by atoms with Crippen LogP contribution < -0.4 is 0 Å². The summed E-state index contributed by atoms with van der Waals surface area (Å²) in [5.74, 6) is 0. The van der Waals surface area contributed by atoms with Crippen LogP contribution in [0.3, 0.4) is 0 Å². The minimum Gasteiger partial charge on any atom is -0.465 e. The number of rotatable bonds is 3. The summed E-state index contributed by atoms with van der Waals surface area (Å²) in [5.41, 5.74) is -0.602. The average molecular weight is 408 g/mol. The molecular weight excluding hydrogens is 396 g/mol. The van der Waals surface area contributed by atoms with E-state index < -0.39 is 11.8 Å². The van der Waals surface area contributed by atoms with Crippen molar-refractivity contribution >= 4 is 38.0 Å². The molecule has 20 heavy (non-hydrogen) atoms. The van der Waals surface area contributed by atoms with Gasteiger partial charge in [-0.2, -0.15) is 10.4 Å². The largest absolute Gasteiger partial charge is 0.465 e. The number of carbonyl (C=O) groups is 1. The van der Waals surface area contributed by atoms with Crippen LogP contribution in [0.5, 0.6) is 0 Å². The maximum absolute atomic E-state index is 11.5. The van der Waals surface area contributed by atoms with Gasteiger partial charge in [0.25, 0.3) is 0 Å². The Hall–Kier alpha value is -1.11. The molecule has 1 aromatic rings. The molecule has 108 valence electrons. The van der Waals surface area contributed by atoms with E-state index in [1.807, 2.05) is 6.07 Å². The first-order valence-corrected chi connectivity index (χ1v) is 7.40. The number of likely N-dealkylation sites (tertiary alicyclic amines) is 1. The quantitative estimate of drug-likeness (QED) is 0.830. The van der Waals surface area contributed by atoms with Gasteiger partial charge in [0.05, 0.1) is 6.61 Å². The standard InChI is InChI=1S/C11H12Br2N4O3/c1-20-6-11(3-2-4-16(11)10(18)19)17-9(13)7(5-14)8(12)15-17/h2-4,6H2,1H3,(H,18,19). The van der Waals surface area contributed by atoms with E-state index in [0.29, 0.717) is 34.2 Å². The van der Waals surface area contributed by atoms with Gasteiger partial charge in [-0.3, -0.25) is 4.90 Å². The molecule has 0 aromatic carbocycles. The fourth-order valence-corrected chi connectivity index (χ4v) is 3.93. The number of nitrogens with zero attached hydrogens (tertiary/aromatic N) is 4. The van der Waals surface area contributed by atoms with Crippen LogP contribution in [0.2, 0.25) is 0 Å². The highest BCUT2D eigenvalue weighted by Crippen LogP contribution is 2.38. The van der Waals surface area contributed by atoms with Crippen LogP contribution in [0, 0.1) is 11.3 Å². The lowest BCUT2D eigenvalue weighted by Gasteiger charge is -2.36. The first kappa shape index (κ1) is 15.3. The zero-order valence-electron chi connectivity index (χ0n) is 10.6. The van der Waals surface area contributed by atoms with Gasteiger partial charge < -0.3 is 9.84 Å². The molecule has 1 fully saturated rings. The highest BCUT2D eigenvalue weighted by Gasteiger charge is 2.48. The Balaban J connectivity index is 2.60. The first-order chi connectivity index (χ1) is 9.47. The third-order valence-electron chi connectivity index (χ3n) is 3.36. The molecule has 1 aromatic heterocycles. The molecule has 1 aliphatic rings. The Bertz CT molecular complexity index is 583. The summed E-state index contributed by atoms with van der Waals surface area (Å²) in [4.78, 5) is 12.8. The molecule has 2 heterocycles. The van der Waals surface area contributed by atoms with Crippen molar-refractivity contribution in [3.8, 4) is 6.07 Å². The number of aromatic nitrogens is 2. The fourth-order valence-electron chi connectivity index (χ4n) is 2.54. The molecule has 1 atom stereocenters. The smallest absolute Gasteiger partial charge is 0.409 e. The summed E-state index contributed by atoms with van der Waals surface area (Å²) in [6.45, 7) is 0.571. The monoisotopic (exact) mass is 406 g/mol. The van der Waals surface area contributed by atoms with Crippen molar-refractivity contribution in [1.82, 2.24) is 14.7 Å². The average Bonchev–Trinajstić information content (AvgIpc) is 2.92. The number of nitriles is 1. The zero-order chi connectivity index (χ0) is 14.9. The molecule has 1 saturated heterocycles. The van der Waals surface area contributed by atoms with Crippen molar-refractivity contribution in [1.29, 1.82) is 5.26 Å². The Labute approximate surface area is 132 Å². The lowest BCUT2D eigenvalue weighted by molar-refractivity contribution is -0.0183. The van der Waals surface area contributed by atoms with Crippen molar-refractivity contribution in [2.24, 2.45) is 0 Å². The van der Waals surface area contributed by atoms with Gasteiger partial charge >= 0.3 is 6.09 Å². The zero-order valence-corrected chi connectivity index (χ0v) is 13.8. The SMILES string of the molecule is COCC1(n2nc(Br)c(C#N)c2Br)CCCN1C(=O)O. The number of methoxy groups -OCH3 is 1. The number of ether oxygens (including phenoxy) is 1. The van der Waals surface area contributed by atoms with Crippen LogP contribution >= 0.6 is 31.9 Å². The van der Waals surface area contributed by atoms with E-state index in [-0.39, 0.29) is 6.61 Å². The van der Waals surface area contributed by atoms with Gasteiger partial charge in [0.15, 0.2) is 5.66 Å². The molecule has 1 N–H and O–H groups in total. The van der Waals surface area contributed by atoms with Crippen LogP contribution in [0.1, 0.15) is 18.4 Å². The Morgan fingerprint density at radius 3 is 2.85 bits per heavy atom. The molecule has 2 rings (SSSR count). The van der Waals surface area contributed by atoms with Gasteiger partial charge in [-0.05, 0) is 44.7 Å². The number of hydrogen-bond acceptors (Lipinski definition) is 4. The minimum atomic E-state index is -1.03. The fraction of sp³-hybridized carbons (Fsp3) is 0.545. The lowest BCUT2D eigenvalue weighted by atomic mass is 10.1. The third kappa shape index (κ3) is 2.21. The molecule has 0 aliphatic carbocycles. The van der Waals surface area contributed by atoms with Gasteiger partial charge in [-0.15, -0.1) is 0 Å². The molecule has 1 aliphatic heterocycles. The predicted molar refractivity (Wildman–Crippen MR) is 76.2 cm³/mol. The summed E-state index contributed by atoms with van der Waals surface area (Å²) >= 11 is 6.54. The molecule has 9 heteroatoms. The number of hydrogen-bond donors (Lipinski definition) is 1. The van der Waals surface area contributed by atoms with Crippen molar-refractivity contribution in [2.45, 2.75) is 18.5 Å². The van der Waals surface area contributed by atoms with E-state index in [4.69, 9.17) is 10.00 Å². The normalized spacial score (nSPS) is 22.0.